The number of hydrogen-bond acceptors (Lipinski definition) is 5. The molecule has 1 aliphatic heterocycles. The predicted molar refractivity (Wildman–Crippen MR) is 105 cm³/mol. The van der Waals surface area contributed by atoms with Crippen LogP contribution in [-0.4, -0.2) is 47.1 Å². The van der Waals surface area contributed by atoms with Gasteiger partial charge < -0.3 is 10.2 Å². The molecule has 0 fully saturated rings. The summed E-state index contributed by atoms with van der Waals surface area (Å²) in [5.74, 6) is -4.13. The van der Waals surface area contributed by atoms with Gasteiger partial charge in [0, 0.05) is 18.5 Å². The van der Waals surface area contributed by atoms with E-state index >= 15 is 0 Å². The molecule has 0 saturated heterocycles. The third kappa shape index (κ3) is 4.92. The van der Waals surface area contributed by atoms with Crippen LogP contribution in [0.4, 0.5) is 17.6 Å². The lowest BCUT2D eigenvalue weighted by Crippen LogP contribution is -2.41. The number of halogens is 4. The fraction of sp³-hybridized carbons (Fsp3) is 0.400. The summed E-state index contributed by atoms with van der Waals surface area (Å²) in [6, 6.07) is 7.68. The van der Waals surface area contributed by atoms with Crippen molar-refractivity contribution in [3.8, 4) is 0 Å². The molecule has 7 nitrogen and oxygen atoms in total. The molecule has 2 unspecified atom stereocenters. The van der Waals surface area contributed by atoms with E-state index in [-0.39, 0.29) is 24.0 Å². The van der Waals surface area contributed by atoms with E-state index in [0.717, 1.165) is 6.92 Å². The number of oxime groups is 1. The number of hydrogen-bond donors (Lipinski definition) is 1. The minimum atomic E-state index is -4.69. The zero-order chi connectivity index (χ0) is 22.8. The maximum atomic E-state index is 14.2. The highest BCUT2D eigenvalue weighted by atomic mass is 19.4. The number of amides is 1. The molecule has 0 saturated carbocycles. The lowest BCUT2D eigenvalue weighted by molar-refractivity contribution is -0.177. The predicted octanol–water partition coefficient (Wildman–Crippen LogP) is 3.13. The van der Waals surface area contributed by atoms with Crippen molar-refractivity contribution in [2.24, 2.45) is 22.0 Å². The summed E-state index contributed by atoms with van der Waals surface area (Å²) in [7, 11) is 1.32. The molecule has 2 aromatic rings. The standard InChI is InChI=1S/C20H21F4N5O2/c1-11-10-31-28-17(11)16-8-15(18(25-3)26-19(30)12(2)20(22,23)24)27-29(16)9-13-6-4-5-7-14(13)21/h4-8,11-12H,9-10H2,1-3H3,(H,25,26,30). The zero-order valence-electron chi connectivity index (χ0n) is 17.1. The molecule has 3 rings (SSSR count). The van der Waals surface area contributed by atoms with Crippen LogP contribution >= 0.6 is 0 Å². The van der Waals surface area contributed by atoms with Crippen LogP contribution in [0.5, 0.6) is 0 Å². The molecule has 1 aromatic heterocycles. The highest BCUT2D eigenvalue weighted by molar-refractivity contribution is 6.09. The molecule has 0 bridgehead atoms. The summed E-state index contributed by atoms with van der Waals surface area (Å²) in [5, 5.41) is 10.6. The first-order valence-corrected chi connectivity index (χ1v) is 9.48. The second-order valence-corrected chi connectivity index (χ2v) is 7.16. The average Bonchev–Trinajstić information content (AvgIpc) is 3.32. The fourth-order valence-electron chi connectivity index (χ4n) is 2.94. The SMILES string of the molecule is CN=C(NC(=O)C(C)C(F)(F)F)c1cc(C2=NOCC2C)n(Cc2ccccc2F)n1. The van der Waals surface area contributed by atoms with E-state index in [1.165, 1.54) is 23.9 Å². The quantitative estimate of drug-likeness (QED) is 0.442. The van der Waals surface area contributed by atoms with Crippen molar-refractivity contribution in [1.82, 2.24) is 15.1 Å². The first kappa shape index (κ1) is 22.4. The van der Waals surface area contributed by atoms with Gasteiger partial charge in [0.05, 0.1) is 12.2 Å². The molecule has 31 heavy (non-hydrogen) atoms. The van der Waals surface area contributed by atoms with Gasteiger partial charge in [-0.3, -0.25) is 14.5 Å². The molecule has 1 N–H and O–H groups in total. The van der Waals surface area contributed by atoms with Crippen LogP contribution in [-0.2, 0) is 16.2 Å². The number of nitrogens with zero attached hydrogens (tertiary/aromatic N) is 4. The van der Waals surface area contributed by atoms with Gasteiger partial charge in [0.1, 0.15) is 29.7 Å². The average molecular weight is 439 g/mol. The fourth-order valence-corrected chi connectivity index (χ4v) is 2.94. The first-order chi connectivity index (χ1) is 14.6. The first-order valence-electron chi connectivity index (χ1n) is 9.48. The van der Waals surface area contributed by atoms with E-state index in [1.54, 1.807) is 18.2 Å². The van der Waals surface area contributed by atoms with Gasteiger partial charge in [0.2, 0.25) is 5.91 Å². The second-order valence-electron chi connectivity index (χ2n) is 7.16. The molecule has 2 atom stereocenters. The van der Waals surface area contributed by atoms with Crippen molar-refractivity contribution in [3.63, 3.8) is 0 Å². The Morgan fingerprint density at radius 1 is 1.39 bits per heavy atom. The normalized spacial score (nSPS) is 17.8. The van der Waals surface area contributed by atoms with Crippen LogP contribution in [0.25, 0.3) is 0 Å². The molecule has 11 heteroatoms. The molecule has 1 aromatic carbocycles. The number of aliphatic imine (C=N–C) groups is 1. The van der Waals surface area contributed by atoms with Crippen LogP contribution < -0.4 is 5.32 Å². The summed E-state index contributed by atoms with van der Waals surface area (Å²) in [6.07, 6.45) is -4.69. The lowest BCUT2D eigenvalue weighted by atomic mass is 10.0. The Labute approximate surface area is 175 Å². The van der Waals surface area contributed by atoms with Crippen LogP contribution in [0.15, 0.2) is 40.5 Å². The van der Waals surface area contributed by atoms with E-state index in [0.29, 0.717) is 23.6 Å². The summed E-state index contributed by atoms with van der Waals surface area (Å²) < 4.78 is 54.2. The third-order valence-electron chi connectivity index (χ3n) is 4.87. The van der Waals surface area contributed by atoms with Crippen molar-refractivity contribution in [2.75, 3.05) is 13.7 Å². The number of aromatic nitrogens is 2. The number of amidine groups is 1. The van der Waals surface area contributed by atoms with Crippen LogP contribution in [0.3, 0.4) is 0 Å². The number of rotatable bonds is 5. The Hall–Kier alpha value is -3.24. The van der Waals surface area contributed by atoms with Gasteiger partial charge in [-0.2, -0.15) is 18.3 Å². The Kier molecular flexibility index (Phi) is 6.42. The minimum Gasteiger partial charge on any atom is -0.395 e. The molecule has 0 radical (unpaired) electrons. The summed E-state index contributed by atoms with van der Waals surface area (Å²) >= 11 is 0. The van der Waals surface area contributed by atoms with Crippen molar-refractivity contribution in [3.05, 3.63) is 53.1 Å². The van der Waals surface area contributed by atoms with Crippen molar-refractivity contribution in [2.45, 2.75) is 26.6 Å². The molecule has 166 valence electrons. The highest BCUT2D eigenvalue weighted by Crippen LogP contribution is 2.26. The van der Waals surface area contributed by atoms with Gasteiger partial charge >= 0.3 is 6.18 Å². The molecular weight excluding hydrogens is 418 g/mol. The maximum Gasteiger partial charge on any atom is 0.400 e. The van der Waals surface area contributed by atoms with E-state index in [4.69, 9.17) is 4.84 Å². The number of carbonyl (C=O) groups is 1. The van der Waals surface area contributed by atoms with Gasteiger partial charge in [-0.25, -0.2) is 4.39 Å². The van der Waals surface area contributed by atoms with E-state index in [9.17, 15) is 22.4 Å². The third-order valence-corrected chi connectivity index (χ3v) is 4.87. The van der Waals surface area contributed by atoms with Gasteiger partial charge in [0.15, 0.2) is 5.84 Å². The molecule has 1 aliphatic rings. The van der Waals surface area contributed by atoms with Crippen LogP contribution in [0.1, 0.15) is 30.8 Å². The van der Waals surface area contributed by atoms with Gasteiger partial charge in [-0.05, 0) is 19.1 Å². The van der Waals surface area contributed by atoms with E-state index in [2.05, 4.69) is 20.6 Å². The van der Waals surface area contributed by atoms with E-state index in [1.807, 2.05) is 6.92 Å². The van der Waals surface area contributed by atoms with Gasteiger partial charge in [0.25, 0.3) is 0 Å². The van der Waals surface area contributed by atoms with Crippen molar-refractivity contribution >= 4 is 17.5 Å². The largest absolute Gasteiger partial charge is 0.400 e. The number of nitrogens with one attached hydrogen (secondary N) is 1. The second kappa shape index (κ2) is 8.86. The highest BCUT2D eigenvalue weighted by Gasteiger charge is 2.41. The molecular formula is C20H21F4N5O2. The number of benzene rings is 1. The topological polar surface area (TPSA) is 80.9 Å². The maximum absolute atomic E-state index is 14.2. The van der Waals surface area contributed by atoms with Gasteiger partial charge in [-0.1, -0.05) is 30.3 Å². The Bertz CT molecular complexity index is 1030. The zero-order valence-corrected chi connectivity index (χ0v) is 17.1. The van der Waals surface area contributed by atoms with Crippen molar-refractivity contribution in [1.29, 1.82) is 0 Å². The Morgan fingerprint density at radius 2 is 2.10 bits per heavy atom. The number of carbonyl (C=O) groups excluding carboxylic acids is 1. The monoisotopic (exact) mass is 439 g/mol. The summed E-state index contributed by atoms with van der Waals surface area (Å²) in [4.78, 5) is 21.0. The summed E-state index contributed by atoms with van der Waals surface area (Å²) in [6.45, 7) is 3.03. The molecule has 0 spiro atoms. The summed E-state index contributed by atoms with van der Waals surface area (Å²) in [5.41, 5.74) is 1.52. The molecule has 2 heterocycles. The van der Waals surface area contributed by atoms with Crippen LogP contribution in [0, 0.1) is 17.7 Å². The smallest absolute Gasteiger partial charge is 0.395 e. The van der Waals surface area contributed by atoms with Crippen LogP contribution in [0.2, 0.25) is 0 Å². The minimum absolute atomic E-state index is 0.0393. The Morgan fingerprint density at radius 3 is 2.68 bits per heavy atom. The molecule has 1 amide bonds. The Balaban J connectivity index is 1.96. The molecule has 0 aliphatic carbocycles. The van der Waals surface area contributed by atoms with Gasteiger partial charge in [-0.15, -0.1) is 0 Å². The number of alkyl halides is 3. The lowest BCUT2D eigenvalue weighted by Gasteiger charge is -2.15. The van der Waals surface area contributed by atoms with E-state index < -0.39 is 23.8 Å². The van der Waals surface area contributed by atoms with Crippen molar-refractivity contribution < 1.29 is 27.2 Å².